The molecule has 1 atom stereocenters. The van der Waals surface area contributed by atoms with Crippen LogP contribution in [0.25, 0.3) is 0 Å². The van der Waals surface area contributed by atoms with E-state index < -0.39 is 0 Å². The van der Waals surface area contributed by atoms with Crippen LogP contribution in [-0.4, -0.2) is 10.1 Å². The molecule has 1 aliphatic carbocycles. The van der Waals surface area contributed by atoms with Crippen LogP contribution in [0.4, 0.5) is 0 Å². The Kier molecular flexibility index (Phi) is 2.39. The molecule has 0 saturated heterocycles. The Morgan fingerprint density at radius 2 is 2.15 bits per heavy atom. The van der Waals surface area contributed by atoms with Crippen molar-refractivity contribution in [2.24, 2.45) is 5.92 Å². The lowest BCUT2D eigenvalue weighted by atomic mass is 9.81. The molecule has 0 radical (unpaired) electrons. The maximum atomic E-state index is 9.93. The largest absolute Gasteiger partial charge is 0.386 e. The molecule has 1 saturated carbocycles. The van der Waals surface area contributed by atoms with Crippen LogP contribution in [0.15, 0.2) is 0 Å². The molecule has 2 nitrogen and oxygen atoms in total. The smallest absolute Gasteiger partial charge is 0.122 e. The van der Waals surface area contributed by atoms with E-state index in [0.29, 0.717) is 5.92 Å². The van der Waals surface area contributed by atoms with Crippen LogP contribution in [0.3, 0.4) is 0 Å². The molecule has 1 aliphatic rings. The number of hydrogen-bond acceptors (Lipinski definition) is 3. The van der Waals surface area contributed by atoms with Crippen LogP contribution in [0, 0.1) is 19.8 Å². The molecule has 1 heterocycles. The Morgan fingerprint density at radius 3 is 2.54 bits per heavy atom. The fourth-order valence-electron chi connectivity index (χ4n) is 1.58. The molecule has 1 fully saturated rings. The fourth-order valence-corrected chi connectivity index (χ4v) is 2.58. The SMILES string of the molecule is Cc1nc(C(O)C2CCC2)sc1C. The Bertz CT molecular complexity index is 284. The first kappa shape index (κ1) is 9.16. The number of aliphatic hydroxyl groups excluding tert-OH is 1. The second-order valence-corrected chi connectivity index (χ2v) is 5.06. The molecular formula is C10H15NOS. The highest BCUT2D eigenvalue weighted by atomic mass is 32.1. The van der Waals surface area contributed by atoms with Crippen molar-refractivity contribution >= 4 is 11.3 Å². The van der Waals surface area contributed by atoms with E-state index in [0.717, 1.165) is 10.7 Å². The average Bonchev–Trinajstić information content (AvgIpc) is 2.28. The van der Waals surface area contributed by atoms with Gasteiger partial charge in [0.25, 0.3) is 0 Å². The minimum absolute atomic E-state index is 0.300. The van der Waals surface area contributed by atoms with Crippen LogP contribution in [0.5, 0.6) is 0 Å². The number of aromatic nitrogens is 1. The van der Waals surface area contributed by atoms with Gasteiger partial charge in [-0.15, -0.1) is 11.3 Å². The van der Waals surface area contributed by atoms with Crippen LogP contribution < -0.4 is 0 Å². The van der Waals surface area contributed by atoms with E-state index in [1.807, 2.05) is 6.92 Å². The number of hydrogen-bond donors (Lipinski definition) is 1. The van der Waals surface area contributed by atoms with E-state index >= 15 is 0 Å². The summed E-state index contributed by atoms with van der Waals surface area (Å²) in [5.41, 5.74) is 1.07. The number of aryl methyl sites for hydroxylation is 2. The van der Waals surface area contributed by atoms with Gasteiger partial charge in [0.15, 0.2) is 0 Å². The molecule has 0 aliphatic heterocycles. The summed E-state index contributed by atoms with van der Waals surface area (Å²) in [4.78, 5) is 5.61. The van der Waals surface area contributed by atoms with Gasteiger partial charge in [0.2, 0.25) is 0 Å². The van der Waals surface area contributed by atoms with Gasteiger partial charge < -0.3 is 5.11 Å². The van der Waals surface area contributed by atoms with Gasteiger partial charge in [0.05, 0.1) is 5.69 Å². The van der Waals surface area contributed by atoms with Crippen molar-refractivity contribution in [3.8, 4) is 0 Å². The summed E-state index contributed by atoms with van der Waals surface area (Å²) in [6.07, 6.45) is 3.30. The predicted octanol–water partition coefficient (Wildman–Crippen LogP) is 2.59. The minimum atomic E-state index is -0.300. The van der Waals surface area contributed by atoms with Gasteiger partial charge in [0, 0.05) is 4.88 Å². The van der Waals surface area contributed by atoms with Crippen molar-refractivity contribution in [1.82, 2.24) is 4.98 Å². The zero-order valence-electron chi connectivity index (χ0n) is 8.08. The average molecular weight is 197 g/mol. The number of rotatable bonds is 2. The van der Waals surface area contributed by atoms with Gasteiger partial charge in [-0.3, -0.25) is 0 Å². The maximum Gasteiger partial charge on any atom is 0.122 e. The van der Waals surface area contributed by atoms with Crippen molar-refractivity contribution in [3.05, 3.63) is 15.6 Å². The summed E-state index contributed by atoms with van der Waals surface area (Å²) in [5.74, 6) is 0.477. The minimum Gasteiger partial charge on any atom is -0.386 e. The molecular weight excluding hydrogens is 182 g/mol. The lowest BCUT2D eigenvalue weighted by Gasteiger charge is -2.28. The molecule has 72 valence electrons. The van der Waals surface area contributed by atoms with Crippen molar-refractivity contribution in [3.63, 3.8) is 0 Å². The van der Waals surface area contributed by atoms with Gasteiger partial charge in [-0.1, -0.05) is 6.42 Å². The summed E-state index contributed by atoms with van der Waals surface area (Å²) >= 11 is 1.64. The highest BCUT2D eigenvalue weighted by Crippen LogP contribution is 2.39. The van der Waals surface area contributed by atoms with Crippen molar-refractivity contribution in [2.45, 2.75) is 39.2 Å². The maximum absolute atomic E-state index is 9.93. The van der Waals surface area contributed by atoms with E-state index in [1.165, 1.54) is 24.1 Å². The van der Waals surface area contributed by atoms with E-state index in [-0.39, 0.29) is 6.10 Å². The molecule has 0 aromatic carbocycles. The number of thiazole rings is 1. The fraction of sp³-hybridized carbons (Fsp3) is 0.700. The van der Waals surface area contributed by atoms with Crippen LogP contribution in [0.1, 0.15) is 40.9 Å². The zero-order chi connectivity index (χ0) is 9.42. The highest BCUT2D eigenvalue weighted by Gasteiger charge is 2.28. The van der Waals surface area contributed by atoms with Gasteiger partial charge >= 0.3 is 0 Å². The van der Waals surface area contributed by atoms with E-state index in [2.05, 4.69) is 11.9 Å². The number of aliphatic hydroxyl groups is 1. The standard InChI is InChI=1S/C10H15NOS/c1-6-7(2)13-10(11-6)9(12)8-4-3-5-8/h8-9,12H,3-5H2,1-2H3. The van der Waals surface area contributed by atoms with E-state index in [1.54, 1.807) is 11.3 Å². The molecule has 2 rings (SSSR count). The van der Waals surface area contributed by atoms with Crippen LogP contribution in [0.2, 0.25) is 0 Å². The Labute approximate surface area is 82.6 Å². The Balaban J connectivity index is 2.14. The molecule has 0 amide bonds. The lowest BCUT2D eigenvalue weighted by Crippen LogP contribution is -2.19. The summed E-state index contributed by atoms with van der Waals surface area (Å²) in [6, 6.07) is 0. The number of nitrogens with zero attached hydrogens (tertiary/aromatic N) is 1. The molecule has 0 bridgehead atoms. The molecule has 0 spiro atoms. The van der Waals surface area contributed by atoms with Gasteiger partial charge in [-0.05, 0) is 32.6 Å². The van der Waals surface area contributed by atoms with Crippen LogP contribution in [-0.2, 0) is 0 Å². The van der Waals surface area contributed by atoms with Gasteiger partial charge in [-0.2, -0.15) is 0 Å². The second-order valence-electron chi connectivity index (χ2n) is 3.83. The van der Waals surface area contributed by atoms with E-state index in [9.17, 15) is 5.11 Å². The first-order valence-electron chi connectivity index (χ1n) is 4.80. The third-order valence-electron chi connectivity index (χ3n) is 2.89. The molecule has 3 heteroatoms. The molecule has 1 aromatic rings. The van der Waals surface area contributed by atoms with Crippen LogP contribution >= 0.6 is 11.3 Å². The molecule has 1 N–H and O–H groups in total. The Hall–Kier alpha value is -0.410. The topological polar surface area (TPSA) is 33.1 Å². The summed E-state index contributed by atoms with van der Waals surface area (Å²) in [6.45, 7) is 4.06. The van der Waals surface area contributed by atoms with Crippen molar-refractivity contribution in [1.29, 1.82) is 0 Å². The summed E-state index contributed by atoms with van der Waals surface area (Å²) in [5, 5.41) is 10.8. The quantitative estimate of drug-likeness (QED) is 0.790. The van der Waals surface area contributed by atoms with Gasteiger partial charge in [0.1, 0.15) is 11.1 Å². The Morgan fingerprint density at radius 1 is 1.46 bits per heavy atom. The van der Waals surface area contributed by atoms with E-state index in [4.69, 9.17) is 0 Å². The highest BCUT2D eigenvalue weighted by molar-refractivity contribution is 7.11. The lowest BCUT2D eigenvalue weighted by molar-refractivity contribution is 0.0618. The summed E-state index contributed by atoms with van der Waals surface area (Å²) in [7, 11) is 0. The third-order valence-corrected chi connectivity index (χ3v) is 4.04. The normalized spacial score (nSPS) is 19.9. The van der Waals surface area contributed by atoms with Gasteiger partial charge in [-0.25, -0.2) is 4.98 Å². The first-order chi connectivity index (χ1) is 6.18. The summed E-state index contributed by atoms with van der Waals surface area (Å²) < 4.78 is 0. The molecule has 1 unspecified atom stereocenters. The van der Waals surface area contributed by atoms with Crippen molar-refractivity contribution < 1.29 is 5.11 Å². The van der Waals surface area contributed by atoms with Crippen molar-refractivity contribution in [2.75, 3.05) is 0 Å². The zero-order valence-corrected chi connectivity index (χ0v) is 8.90. The third kappa shape index (κ3) is 1.63. The predicted molar refractivity (Wildman–Crippen MR) is 53.9 cm³/mol. The second kappa shape index (κ2) is 3.39. The molecule has 13 heavy (non-hydrogen) atoms. The molecule has 1 aromatic heterocycles. The first-order valence-corrected chi connectivity index (χ1v) is 5.62. The monoisotopic (exact) mass is 197 g/mol.